The highest BCUT2D eigenvalue weighted by atomic mass is 32.2. The average Bonchev–Trinajstić information content (AvgIpc) is 2.63. The highest BCUT2D eigenvalue weighted by Gasteiger charge is 2.26. The van der Waals surface area contributed by atoms with Gasteiger partial charge in [-0.1, -0.05) is 0 Å². The van der Waals surface area contributed by atoms with Crippen LogP contribution < -0.4 is 9.04 Å². The van der Waals surface area contributed by atoms with Crippen molar-refractivity contribution in [3.8, 4) is 5.75 Å². The molecule has 0 unspecified atom stereocenters. The summed E-state index contributed by atoms with van der Waals surface area (Å²) in [6.45, 7) is 7.62. The van der Waals surface area contributed by atoms with Gasteiger partial charge >= 0.3 is 5.97 Å². The smallest absolute Gasteiger partial charge is 0.338 e. The Kier molecular flexibility index (Phi) is 6.49. The molecule has 27 heavy (non-hydrogen) atoms. The van der Waals surface area contributed by atoms with Crippen LogP contribution in [0.1, 0.15) is 35.3 Å². The van der Waals surface area contributed by atoms with E-state index in [1.807, 2.05) is 0 Å². The quantitative estimate of drug-likeness (QED) is 0.673. The van der Waals surface area contributed by atoms with E-state index < -0.39 is 16.0 Å². The predicted molar refractivity (Wildman–Crippen MR) is 105 cm³/mol. The molecule has 0 saturated carbocycles. The Labute approximate surface area is 160 Å². The standard InChI is InChI=1S/C20H25NO5S/c1-6-21(18-10-8-16(12-14(18)3)20(22)26-7-2)27(23,24)17-9-11-19(25-5)15(4)13-17/h8-13H,6-7H2,1-5H3. The van der Waals surface area contributed by atoms with Crippen molar-refractivity contribution in [2.75, 3.05) is 24.6 Å². The highest BCUT2D eigenvalue weighted by Crippen LogP contribution is 2.29. The minimum absolute atomic E-state index is 0.191. The van der Waals surface area contributed by atoms with Gasteiger partial charge < -0.3 is 9.47 Å². The number of hydrogen-bond acceptors (Lipinski definition) is 5. The van der Waals surface area contributed by atoms with Gasteiger partial charge in [-0.05, 0) is 75.2 Å². The van der Waals surface area contributed by atoms with Crippen LogP contribution in [-0.4, -0.2) is 34.6 Å². The lowest BCUT2D eigenvalue weighted by Crippen LogP contribution is -2.31. The molecule has 6 nitrogen and oxygen atoms in total. The summed E-state index contributed by atoms with van der Waals surface area (Å²) in [5, 5.41) is 0. The maximum Gasteiger partial charge on any atom is 0.338 e. The zero-order valence-corrected chi connectivity index (χ0v) is 17.1. The average molecular weight is 391 g/mol. The van der Waals surface area contributed by atoms with E-state index in [0.717, 1.165) is 5.56 Å². The van der Waals surface area contributed by atoms with Crippen LogP contribution >= 0.6 is 0 Å². The number of methoxy groups -OCH3 is 1. The lowest BCUT2D eigenvalue weighted by atomic mass is 10.1. The van der Waals surface area contributed by atoms with E-state index in [1.54, 1.807) is 65.1 Å². The molecule has 2 aromatic carbocycles. The first kappa shape index (κ1) is 20.8. The van der Waals surface area contributed by atoms with E-state index in [0.29, 0.717) is 22.6 Å². The lowest BCUT2D eigenvalue weighted by molar-refractivity contribution is 0.0526. The van der Waals surface area contributed by atoms with Crippen molar-refractivity contribution in [3.63, 3.8) is 0 Å². The van der Waals surface area contributed by atoms with Crippen LogP contribution in [0.4, 0.5) is 5.69 Å². The predicted octanol–water partition coefficient (Wildman–Crippen LogP) is 3.70. The van der Waals surface area contributed by atoms with Crippen LogP contribution in [0.25, 0.3) is 0 Å². The van der Waals surface area contributed by atoms with Gasteiger partial charge in [-0.25, -0.2) is 13.2 Å². The molecule has 2 aromatic rings. The van der Waals surface area contributed by atoms with E-state index in [1.165, 1.54) is 10.4 Å². The number of ether oxygens (including phenoxy) is 2. The first-order valence-electron chi connectivity index (χ1n) is 8.71. The summed E-state index contributed by atoms with van der Waals surface area (Å²) in [5.74, 6) is 0.204. The molecule has 146 valence electrons. The largest absolute Gasteiger partial charge is 0.496 e. The van der Waals surface area contributed by atoms with Gasteiger partial charge in [0.05, 0.1) is 29.9 Å². The van der Waals surface area contributed by atoms with Crippen LogP contribution in [-0.2, 0) is 14.8 Å². The monoisotopic (exact) mass is 391 g/mol. The van der Waals surface area contributed by atoms with Crippen LogP contribution in [0, 0.1) is 13.8 Å². The van der Waals surface area contributed by atoms with Crippen molar-refractivity contribution in [2.45, 2.75) is 32.6 Å². The van der Waals surface area contributed by atoms with Crippen LogP contribution in [0.2, 0.25) is 0 Å². The van der Waals surface area contributed by atoms with Gasteiger partial charge in [0.1, 0.15) is 5.75 Å². The third kappa shape index (κ3) is 4.24. The Morgan fingerprint density at radius 1 is 1.04 bits per heavy atom. The third-order valence-corrected chi connectivity index (χ3v) is 6.10. The Morgan fingerprint density at radius 2 is 1.74 bits per heavy atom. The van der Waals surface area contributed by atoms with E-state index in [9.17, 15) is 13.2 Å². The SMILES string of the molecule is CCOC(=O)c1ccc(N(CC)S(=O)(=O)c2ccc(OC)c(C)c2)c(C)c1. The summed E-state index contributed by atoms with van der Waals surface area (Å²) in [5.41, 5.74) is 2.34. The fraction of sp³-hybridized carbons (Fsp3) is 0.350. The summed E-state index contributed by atoms with van der Waals surface area (Å²) in [6, 6.07) is 9.64. The molecule has 0 spiro atoms. The van der Waals surface area contributed by atoms with E-state index in [2.05, 4.69) is 0 Å². The summed E-state index contributed by atoms with van der Waals surface area (Å²) < 4.78 is 37.9. The Morgan fingerprint density at radius 3 is 2.26 bits per heavy atom. The third-order valence-electron chi connectivity index (χ3n) is 4.22. The summed E-state index contributed by atoms with van der Waals surface area (Å²) in [4.78, 5) is 12.1. The molecule has 0 N–H and O–H groups in total. The minimum Gasteiger partial charge on any atom is -0.496 e. The summed E-state index contributed by atoms with van der Waals surface area (Å²) in [6.07, 6.45) is 0. The Bertz CT molecular complexity index is 937. The van der Waals surface area contributed by atoms with Crippen LogP contribution in [0.5, 0.6) is 5.75 Å². The molecule has 0 fully saturated rings. The van der Waals surface area contributed by atoms with E-state index in [4.69, 9.17) is 9.47 Å². The summed E-state index contributed by atoms with van der Waals surface area (Å²) in [7, 11) is -2.21. The van der Waals surface area contributed by atoms with Gasteiger partial charge in [0, 0.05) is 6.54 Å². The second-order valence-corrected chi connectivity index (χ2v) is 7.89. The molecule has 0 heterocycles. The van der Waals surface area contributed by atoms with Crippen molar-refractivity contribution < 1.29 is 22.7 Å². The second-order valence-electron chi connectivity index (χ2n) is 6.02. The Hall–Kier alpha value is -2.54. The molecule has 0 aliphatic heterocycles. The van der Waals surface area contributed by atoms with Crippen molar-refractivity contribution in [3.05, 3.63) is 53.1 Å². The lowest BCUT2D eigenvalue weighted by Gasteiger charge is -2.25. The number of nitrogens with zero attached hydrogens (tertiary/aromatic N) is 1. The topological polar surface area (TPSA) is 72.9 Å². The van der Waals surface area contributed by atoms with Crippen LogP contribution in [0.15, 0.2) is 41.3 Å². The minimum atomic E-state index is -3.76. The molecule has 0 radical (unpaired) electrons. The number of aryl methyl sites for hydroxylation is 2. The molecular formula is C20H25NO5S. The first-order valence-corrected chi connectivity index (χ1v) is 10.1. The van der Waals surface area contributed by atoms with Gasteiger partial charge in [0.2, 0.25) is 0 Å². The maximum atomic E-state index is 13.2. The molecule has 0 aliphatic carbocycles. The molecule has 0 amide bonds. The van der Waals surface area contributed by atoms with Crippen LogP contribution in [0.3, 0.4) is 0 Å². The fourth-order valence-corrected chi connectivity index (χ4v) is 4.51. The number of esters is 1. The number of carbonyl (C=O) groups excluding carboxylic acids is 1. The number of anilines is 1. The number of hydrogen-bond donors (Lipinski definition) is 0. The van der Waals surface area contributed by atoms with E-state index >= 15 is 0 Å². The zero-order chi connectivity index (χ0) is 20.2. The van der Waals surface area contributed by atoms with Crippen molar-refractivity contribution in [2.24, 2.45) is 0 Å². The molecule has 2 rings (SSSR count). The van der Waals surface area contributed by atoms with E-state index in [-0.39, 0.29) is 18.0 Å². The molecule has 0 bridgehead atoms. The summed E-state index contributed by atoms with van der Waals surface area (Å²) >= 11 is 0. The number of rotatable bonds is 7. The van der Waals surface area contributed by atoms with Gasteiger partial charge in [-0.15, -0.1) is 0 Å². The number of benzene rings is 2. The van der Waals surface area contributed by atoms with Crippen molar-refractivity contribution in [1.82, 2.24) is 0 Å². The van der Waals surface area contributed by atoms with Gasteiger partial charge in [-0.3, -0.25) is 4.31 Å². The second kappa shape index (κ2) is 8.43. The maximum absolute atomic E-state index is 13.2. The van der Waals surface area contributed by atoms with Gasteiger partial charge in [-0.2, -0.15) is 0 Å². The molecule has 0 saturated heterocycles. The van der Waals surface area contributed by atoms with Crippen molar-refractivity contribution in [1.29, 1.82) is 0 Å². The number of carbonyl (C=O) groups is 1. The fourth-order valence-electron chi connectivity index (χ4n) is 2.89. The normalized spacial score (nSPS) is 11.1. The van der Waals surface area contributed by atoms with Gasteiger partial charge in [0.25, 0.3) is 10.0 Å². The molecular weight excluding hydrogens is 366 g/mol. The first-order chi connectivity index (χ1) is 12.8. The molecule has 0 aromatic heterocycles. The molecule has 0 atom stereocenters. The zero-order valence-electron chi connectivity index (χ0n) is 16.3. The Balaban J connectivity index is 2.46. The highest BCUT2D eigenvalue weighted by molar-refractivity contribution is 7.92. The molecule has 0 aliphatic rings. The van der Waals surface area contributed by atoms with Gasteiger partial charge in [0.15, 0.2) is 0 Å². The molecule has 7 heteroatoms. The number of sulfonamides is 1. The van der Waals surface area contributed by atoms with Crippen molar-refractivity contribution >= 4 is 21.7 Å².